The average Bonchev–Trinajstić information content (AvgIpc) is 2.95. The number of nitrogens with zero attached hydrogens (tertiary/aromatic N) is 1. The van der Waals surface area contributed by atoms with Gasteiger partial charge in [0.2, 0.25) is 0 Å². The molecular formula is C16H22N2O. The van der Waals surface area contributed by atoms with Crippen molar-refractivity contribution in [3.8, 4) is 0 Å². The van der Waals surface area contributed by atoms with Crippen molar-refractivity contribution >= 4 is 5.69 Å². The number of ether oxygens (including phenoxy) is 1. The van der Waals surface area contributed by atoms with Gasteiger partial charge in [-0.25, -0.2) is 0 Å². The summed E-state index contributed by atoms with van der Waals surface area (Å²) in [5.74, 6) is 0. The van der Waals surface area contributed by atoms with Crippen molar-refractivity contribution in [1.82, 2.24) is 4.90 Å². The average molecular weight is 258 g/mol. The summed E-state index contributed by atoms with van der Waals surface area (Å²) in [6, 6.07) is 10.0. The van der Waals surface area contributed by atoms with E-state index in [9.17, 15) is 0 Å². The van der Waals surface area contributed by atoms with Gasteiger partial charge in [0, 0.05) is 30.9 Å². The summed E-state index contributed by atoms with van der Waals surface area (Å²) in [5.41, 5.74) is 2.80. The minimum absolute atomic E-state index is 0.505. The Bertz CT molecular complexity index is 462. The second-order valence-electron chi connectivity index (χ2n) is 6.04. The zero-order chi connectivity index (χ0) is 12.7. The van der Waals surface area contributed by atoms with Crippen molar-refractivity contribution < 1.29 is 4.74 Å². The van der Waals surface area contributed by atoms with Gasteiger partial charge in [-0.05, 0) is 37.3 Å². The van der Waals surface area contributed by atoms with Crippen molar-refractivity contribution in [3.63, 3.8) is 0 Å². The van der Waals surface area contributed by atoms with Crippen LogP contribution >= 0.6 is 0 Å². The molecule has 4 rings (SSSR count). The molecular weight excluding hydrogens is 236 g/mol. The lowest BCUT2D eigenvalue weighted by atomic mass is 9.96. The lowest BCUT2D eigenvalue weighted by Gasteiger charge is -2.44. The van der Waals surface area contributed by atoms with Crippen LogP contribution in [0.15, 0.2) is 24.3 Å². The van der Waals surface area contributed by atoms with Crippen molar-refractivity contribution in [2.45, 2.75) is 43.9 Å². The van der Waals surface area contributed by atoms with E-state index in [4.69, 9.17) is 4.74 Å². The summed E-state index contributed by atoms with van der Waals surface area (Å²) in [5, 5.41) is 3.61. The lowest BCUT2D eigenvalue weighted by molar-refractivity contribution is -0.0700. The number of anilines is 1. The van der Waals surface area contributed by atoms with Crippen LogP contribution in [0.1, 0.15) is 24.8 Å². The van der Waals surface area contributed by atoms with Crippen LogP contribution in [0.5, 0.6) is 0 Å². The van der Waals surface area contributed by atoms with Crippen LogP contribution in [-0.4, -0.2) is 42.8 Å². The second kappa shape index (κ2) is 4.80. The fourth-order valence-corrected chi connectivity index (χ4v) is 4.07. The number of hydrogen-bond acceptors (Lipinski definition) is 3. The fraction of sp³-hybridized carbons (Fsp3) is 0.625. The molecule has 0 spiro atoms. The summed E-state index contributed by atoms with van der Waals surface area (Å²) in [7, 11) is 0. The smallest absolute Gasteiger partial charge is 0.0731 e. The van der Waals surface area contributed by atoms with Crippen LogP contribution < -0.4 is 5.32 Å². The molecule has 1 aromatic carbocycles. The molecule has 1 saturated carbocycles. The Morgan fingerprint density at radius 3 is 3.16 bits per heavy atom. The lowest BCUT2D eigenvalue weighted by Crippen LogP contribution is -2.56. The summed E-state index contributed by atoms with van der Waals surface area (Å²) in [6.07, 6.45) is 5.61. The molecule has 1 saturated heterocycles. The third-order valence-electron chi connectivity index (χ3n) is 5.00. The highest BCUT2D eigenvalue weighted by molar-refractivity contribution is 5.53. The first-order valence-electron chi connectivity index (χ1n) is 7.61. The van der Waals surface area contributed by atoms with Gasteiger partial charge in [0.25, 0.3) is 0 Å². The highest BCUT2D eigenvalue weighted by Gasteiger charge is 2.39. The molecule has 2 heterocycles. The van der Waals surface area contributed by atoms with Crippen molar-refractivity contribution in [2.75, 3.05) is 25.0 Å². The standard InChI is InChI=1S/C16H22N2O/c1-2-5-14-12(4-1)10-13(11-17-14)18-8-9-19-16-7-3-6-15(16)18/h1-2,4-5,13,15-17H,3,6-11H2. The molecule has 3 unspecified atom stereocenters. The monoisotopic (exact) mass is 258 g/mol. The van der Waals surface area contributed by atoms with E-state index >= 15 is 0 Å². The van der Waals surface area contributed by atoms with E-state index < -0.39 is 0 Å². The van der Waals surface area contributed by atoms with Crippen LogP contribution in [0.3, 0.4) is 0 Å². The molecule has 2 aliphatic heterocycles. The predicted octanol–water partition coefficient (Wildman–Crippen LogP) is 2.28. The molecule has 1 N–H and O–H groups in total. The number of fused-ring (bicyclic) bond motifs is 2. The molecule has 19 heavy (non-hydrogen) atoms. The molecule has 0 aromatic heterocycles. The molecule has 0 radical (unpaired) electrons. The third-order valence-corrected chi connectivity index (χ3v) is 5.00. The van der Waals surface area contributed by atoms with Crippen molar-refractivity contribution in [1.29, 1.82) is 0 Å². The van der Waals surface area contributed by atoms with Gasteiger partial charge in [-0.15, -0.1) is 0 Å². The summed E-state index contributed by atoms with van der Waals surface area (Å²) < 4.78 is 5.93. The Morgan fingerprint density at radius 1 is 1.21 bits per heavy atom. The van der Waals surface area contributed by atoms with Gasteiger partial charge < -0.3 is 10.1 Å². The largest absolute Gasteiger partial charge is 0.383 e. The number of para-hydroxylation sites is 1. The van der Waals surface area contributed by atoms with Crippen molar-refractivity contribution in [3.05, 3.63) is 29.8 Å². The second-order valence-corrected chi connectivity index (χ2v) is 6.04. The van der Waals surface area contributed by atoms with E-state index in [0.717, 1.165) is 19.7 Å². The van der Waals surface area contributed by atoms with Crippen LogP contribution in [0.4, 0.5) is 5.69 Å². The van der Waals surface area contributed by atoms with Gasteiger partial charge in [-0.3, -0.25) is 4.90 Å². The number of rotatable bonds is 1. The number of morpholine rings is 1. The van der Waals surface area contributed by atoms with E-state index in [-0.39, 0.29) is 0 Å². The quantitative estimate of drug-likeness (QED) is 0.836. The number of nitrogens with one attached hydrogen (secondary N) is 1. The molecule has 3 heteroatoms. The van der Waals surface area contributed by atoms with Crippen LogP contribution in [0, 0.1) is 0 Å². The van der Waals surface area contributed by atoms with Gasteiger partial charge in [0.15, 0.2) is 0 Å². The Kier molecular flexibility index (Phi) is 2.97. The number of benzene rings is 1. The molecule has 3 nitrogen and oxygen atoms in total. The first-order chi connectivity index (χ1) is 9.42. The molecule has 102 valence electrons. The summed E-state index contributed by atoms with van der Waals surface area (Å²) >= 11 is 0. The molecule has 1 aliphatic carbocycles. The van der Waals surface area contributed by atoms with E-state index in [1.807, 2.05) is 0 Å². The van der Waals surface area contributed by atoms with E-state index in [2.05, 4.69) is 34.5 Å². The SMILES string of the molecule is c1ccc2c(c1)CC(N1CCOC3CCCC31)CN2. The van der Waals surface area contributed by atoms with Crippen LogP contribution in [0.25, 0.3) is 0 Å². The van der Waals surface area contributed by atoms with Gasteiger partial charge >= 0.3 is 0 Å². The fourth-order valence-electron chi connectivity index (χ4n) is 4.07. The minimum atomic E-state index is 0.505. The zero-order valence-electron chi connectivity index (χ0n) is 11.3. The Morgan fingerprint density at radius 2 is 2.16 bits per heavy atom. The van der Waals surface area contributed by atoms with Gasteiger partial charge in [0.05, 0.1) is 12.7 Å². The molecule has 2 fully saturated rings. The Labute approximate surface area is 114 Å². The first-order valence-corrected chi connectivity index (χ1v) is 7.61. The minimum Gasteiger partial charge on any atom is -0.383 e. The first kappa shape index (κ1) is 11.7. The molecule has 3 atom stereocenters. The maximum Gasteiger partial charge on any atom is 0.0731 e. The maximum atomic E-state index is 5.93. The summed E-state index contributed by atoms with van der Waals surface area (Å²) in [6.45, 7) is 3.11. The van der Waals surface area contributed by atoms with Gasteiger partial charge in [0.1, 0.15) is 0 Å². The van der Waals surface area contributed by atoms with Crippen LogP contribution in [-0.2, 0) is 11.2 Å². The van der Waals surface area contributed by atoms with E-state index in [1.54, 1.807) is 0 Å². The Balaban J connectivity index is 1.54. The molecule has 0 bridgehead atoms. The van der Waals surface area contributed by atoms with Gasteiger partial charge in [-0.1, -0.05) is 18.2 Å². The molecule has 3 aliphatic rings. The van der Waals surface area contributed by atoms with Gasteiger partial charge in [-0.2, -0.15) is 0 Å². The molecule has 1 aromatic rings. The normalized spacial score (nSPS) is 34.4. The van der Waals surface area contributed by atoms with E-state index in [0.29, 0.717) is 18.2 Å². The van der Waals surface area contributed by atoms with Crippen LogP contribution in [0.2, 0.25) is 0 Å². The summed E-state index contributed by atoms with van der Waals surface area (Å²) in [4.78, 5) is 2.73. The number of hydrogen-bond donors (Lipinski definition) is 1. The predicted molar refractivity (Wildman–Crippen MR) is 76.5 cm³/mol. The molecule has 0 amide bonds. The highest BCUT2D eigenvalue weighted by Crippen LogP contribution is 2.33. The zero-order valence-corrected chi connectivity index (χ0v) is 11.3. The third kappa shape index (κ3) is 2.05. The maximum absolute atomic E-state index is 5.93. The Hall–Kier alpha value is -1.06. The highest BCUT2D eigenvalue weighted by atomic mass is 16.5. The topological polar surface area (TPSA) is 24.5 Å². The van der Waals surface area contributed by atoms with E-state index in [1.165, 1.54) is 36.9 Å². The van der Waals surface area contributed by atoms with Crippen molar-refractivity contribution in [2.24, 2.45) is 0 Å².